The van der Waals surface area contributed by atoms with Gasteiger partial charge in [0.25, 0.3) is 0 Å². The van der Waals surface area contributed by atoms with E-state index in [2.05, 4.69) is 27.1 Å². The Labute approximate surface area is 101 Å². The minimum Gasteiger partial charge on any atom is -0.322 e. The zero-order valence-corrected chi connectivity index (χ0v) is 9.96. The van der Waals surface area contributed by atoms with Gasteiger partial charge in [-0.3, -0.25) is 10.3 Å². The Hall–Kier alpha value is -1.69. The van der Waals surface area contributed by atoms with Gasteiger partial charge in [0, 0.05) is 38.6 Å². The molecule has 2 heterocycles. The number of anilines is 1. The number of carbonyl (C=O) groups is 1. The summed E-state index contributed by atoms with van der Waals surface area (Å²) in [7, 11) is 0. The van der Waals surface area contributed by atoms with Crippen molar-refractivity contribution in [3.8, 4) is 0 Å². The molecule has 1 aliphatic heterocycles. The lowest BCUT2D eigenvalue weighted by Crippen LogP contribution is -2.49. The molecule has 1 aromatic heterocycles. The number of aromatic nitrogens is 2. The highest BCUT2D eigenvalue weighted by atomic mass is 16.2. The van der Waals surface area contributed by atoms with E-state index in [-0.39, 0.29) is 6.03 Å². The molecule has 92 valence electrons. The molecule has 1 saturated heterocycles. The van der Waals surface area contributed by atoms with Crippen molar-refractivity contribution in [2.24, 2.45) is 0 Å². The zero-order valence-electron chi connectivity index (χ0n) is 9.96. The third-order valence-corrected chi connectivity index (χ3v) is 2.90. The number of likely N-dealkylation sites (N-methyl/N-ethyl adjacent to an activating group) is 1. The second kappa shape index (κ2) is 5.58. The number of urea groups is 1. The number of nitrogens with zero attached hydrogens (tertiary/aromatic N) is 4. The first kappa shape index (κ1) is 11.8. The molecule has 2 rings (SSSR count). The van der Waals surface area contributed by atoms with Gasteiger partial charge in [0.15, 0.2) is 5.82 Å². The van der Waals surface area contributed by atoms with Crippen LogP contribution >= 0.6 is 0 Å². The third-order valence-electron chi connectivity index (χ3n) is 2.90. The van der Waals surface area contributed by atoms with Crippen LogP contribution in [-0.2, 0) is 0 Å². The summed E-state index contributed by atoms with van der Waals surface area (Å²) in [4.78, 5) is 23.9. The molecule has 1 N–H and O–H groups in total. The van der Waals surface area contributed by atoms with Gasteiger partial charge < -0.3 is 9.80 Å². The summed E-state index contributed by atoms with van der Waals surface area (Å²) < 4.78 is 0. The Bertz CT molecular complexity index is 361. The molecule has 6 heteroatoms. The Balaban J connectivity index is 1.85. The first-order valence-electron chi connectivity index (χ1n) is 5.84. The maximum atomic E-state index is 11.9. The van der Waals surface area contributed by atoms with Crippen molar-refractivity contribution in [1.82, 2.24) is 19.8 Å². The minimum atomic E-state index is -0.0961. The lowest BCUT2D eigenvalue weighted by molar-refractivity contribution is 0.151. The summed E-state index contributed by atoms with van der Waals surface area (Å²) in [5.41, 5.74) is 0. The van der Waals surface area contributed by atoms with Crippen molar-refractivity contribution in [2.75, 3.05) is 38.0 Å². The predicted molar refractivity (Wildman–Crippen MR) is 64.7 cm³/mol. The fourth-order valence-electron chi connectivity index (χ4n) is 1.82. The zero-order chi connectivity index (χ0) is 12.1. The number of rotatable bonds is 2. The first-order chi connectivity index (χ1) is 8.29. The Kier molecular flexibility index (Phi) is 3.87. The SMILES string of the molecule is CCN1CCN(C(=O)Nc2cnccn2)CC1. The van der Waals surface area contributed by atoms with E-state index < -0.39 is 0 Å². The molecule has 1 aliphatic rings. The maximum absolute atomic E-state index is 11.9. The van der Waals surface area contributed by atoms with Gasteiger partial charge in [-0.05, 0) is 6.54 Å². The molecule has 0 atom stereocenters. The van der Waals surface area contributed by atoms with Crippen molar-refractivity contribution >= 4 is 11.8 Å². The van der Waals surface area contributed by atoms with E-state index in [9.17, 15) is 4.79 Å². The molecule has 0 radical (unpaired) electrons. The van der Waals surface area contributed by atoms with E-state index in [0.29, 0.717) is 5.82 Å². The highest BCUT2D eigenvalue weighted by Crippen LogP contribution is 2.05. The topological polar surface area (TPSA) is 61.4 Å². The molecule has 0 aromatic carbocycles. The smallest absolute Gasteiger partial charge is 0.322 e. The fraction of sp³-hybridized carbons (Fsp3) is 0.545. The van der Waals surface area contributed by atoms with Crippen LogP contribution in [0.25, 0.3) is 0 Å². The van der Waals surface area contributed by atoms with Crippen LogP contribution < -0.4 is 5.32 Å². The largest absolute Gasteiger partial charge is 0.323 e. The summed E-state index contributed by atoms with van der Waals surface area (Å²) in [6.07, 6.45) is 4.68. The van der Waals surface area contributed by atoms with Crippen molar-refractivity contribution in [2.45, 2.75) is 6.92 Å². The molecular formula is C11H17N5O. The summed E-state index contributed by atoms with van der Waals surface area (Å²) >= 11 is 0. The van der Waals surface area contributed by atoms with Crippen molar-refractivity contribution in [1.29, 1.82) is 0 Å². The van der Waals surface area contributed by atoms with E-state index in [4.69, 9.17) is 0 Å². The Morgan fingerprint density at radius 1 is 1.35 bits per heavy atom. The van der Waals surface area contributed by atoms with Gasteiger partial charge in [0.05, 0.1) is 6.20 Å². The summed E-state index contributed by atoms with van der Waals surface area (Å²) in [6.45, 7) is 6.57. The predicted octanol–water partition coefficient (Wildman–Crippen LogP) is 0.646. The lowest BCUT2D eigenvalue weighted by Gasteiger charge is -2.33. The number of hydrogen-bond acceptors (Lipinski definition) is 4. The molecule has 0 unspecified atom stereocenters. The molecule has 0 spiro atoms. The van der Waals surface area contributed by atoms with Gasteiger partial charge in [-0.25, -0.2) is 9.78 Å². The highest BCUT2D eigenvalue weighted by molar-refractivity contribution is 5.88. The van der Waals surface area contributed by atoms with E-state index in [1.165, 1.54) is 0 Å². The highest BCUT2D eigenvalue weighted by Gasteiger charge is 2.20. The van der Waals surface area contributed by atoms with Crippen molar-refractivity contribution < 1.29 is 4.79 Å². The van der Waals surface area contributed by atoms with Gasteiger partial charge in [0.2, 0.25) is 0 Å². The Morgan fingerprint density at radius 2 is 2.12 bits per heavy atom. The van der Waals surface area contributed by atoms with Gasteiger partial charge in [0.1, 0.15) is 0 Å². The van der Waals surface area contributed by atoms with Gasteiger partial charge in [-0.1, -0.05) is 6.92 Å². The van der Waals surface area contributed by atoms with Gasteiger partial charge in [-0.2, -0.15) is 0 Å². The van der Waals surface area contributed by atoms with Crippen LogP contribution in [0.3, 0.4) is 0 Å². The van der Waals surface area contributed by atoms with Crippen LogP contribution in [0.5, 0.6) is 0 Å². The number of amides is 2. The first-order valence-corrected chi connectivity index (χ1v) is 5.84. The second-order valence-corrected chi connectivity index (χ2v) is 3.94. The van der Waals surface area contributed by atoms with Crippen LogP contribution in [0.4, 0.5) is 10.6 Å². The van der Waals surface area contributed by atoms with Crippen LogP contribution in [0.1, 0.15) is 6.92 Å². The Morgan fingerprint density at radius 3 is 2.71 bits per heavy atom. The summed E-state index contributed by atoms with van der Waals surface area (Å²) in [5.74, 6) is 0.496. The number of carbonyl (C=O) groups excluding carboxylic acids is 1. The molecule has 0 saturated carbocycles. The molecule has 6 nitrogen and oxygen atoms in total. The lowest BCUT2D eigenvalue weighted by atomic mass is 10.3. The third kappa shape index (κ3) is 3.13. The minimum absolute atomic E-state index is 0.0961. The van der Waals surface area contributed by atoms with E-state index >= 15 is 0 Å². The van der Waals surface area contributed by atoms with E-state index in [1.807, 2.05) is 0 Å². The van der Waals surface area contributed by atoms with Crippen LogP contribution in [0, 0.1) is 0 Å². The molecule has 0 bridgehead atoms. The number of piperazine rings is 1. The molecule has 1 aromatic rings. The van der Waals surface area contributed by atoms with Crippen LogP contribution in [0.2, 0.25) is 0 Å². The number of nitrogens with one attached hydrogen (secondary N) is 1. The van der Waals surface area contributed by atoms with Crippen molar-refractivity contribution in [3.05, 3.63) is 18.6 Å². The fourth-order valence-corrected chi connectivity index (χ4v) is 1.82. The second-order valence-electron chi connectivity index (χ2n) is 3.94. The number of hydrogen-bond donors (Lipinski definition) is 1. The molecule has 1 fully saturated rings. The average molecular weight is 235 g/mol. The molecular weight excluding hydrogens is 218 g/mol. The van der Waals surface area contributed by atoms with E-state index in [0.717, 1.165) is 32.7 Å². The van der Waals surface area contributed by atoms with Gasteiger partial charge in [-0.15, -0.1) is 0 Å². The maximum Gasteiger partial charge on any atom is 0.323 e. The standard InChI is InChI=1S/C11H17N5O/c1-2-15-5-7-16(8-6-15)11(17)14-10-9-12-3-4-13-10/h3-4,9H,2,5-8H2,1H3,(H,13,14,17). The normalized spacial score (nSPS) is 16.9. The summed E-state index contributed by atoms with van der Waals surface area (Å²) in [6, 6.07) is -0.0961. The molecule has 0 aliphatic carbocycles. The van der Waals surface area contributed by atoms with Gasteiger partial charge >= 0.3 is 6.03 Å². The van der Waals surface area contributed by atoms with Crippen molar-refractivity contribution in [3.63, 3.8) is 0 Å². The molecule has 17 heavy (non-hydrogen) atoms. The molecule has 2 amide bonds. The van der Waals surface area contributed by atoms with Crippen LogP contribution in [0.15, 0.2) is 18.6 Å². The van der Waals surface area contributed by atoms with Crippen LogP contribution in [-0.4, -0.2) is 58.5 Å². The summed E-state index contributed by atoms with van der Waals surface area (Å²) in [5, 5.41) is 2.74. The quantitative estimate of drug-likeness (QED) is 0.817. The average Bonchev–Trinajstić information content (AvgIpc) is 2.40. The van der Waals surface area contributed by atoms with E-state index in [1.54, 1.807) is 23.5 Å². The monoisotopic (exact) mass is 235 g/mol.